The van der Waals surface area contributed by atoms with E-state index in [4.69, 9.17) is 22.3 Å². The molecule has 0 radical (unpaired) electrons. The maximum Gasteiger partial charge on any atom is 0.326 e. The molecule has 4 atom stereocenters. The number of para-hydroxylation sites is 1. The zero-order valence-electron chi connectivity index (χ0n) is 21.9. The summed E-state index contributed by atoms with van der Waals surface area (Å²) >= 11 is 0. The Bertz CT molecular complexity index is 1310. The highest BCUT2D eigenvalue weighted by molar-refractivity contribution is 5.96. The SMILES string of the molecule is NC(=O)CCC(NC(=O)C(CC(N)=O)NC(=O)C(N)Cc1c[nH]c2ccccc12)C(=O)NC(CCC(=O)O)C(=O)O. The number of carbonyl (C=O) groups is 7. The third kappa shape index (κ3) is 10.2. The number of nitrogens with two attached hydrogens (primary N) is 3. The summed E-state index contributed by atoms with van der Waals surface area (Å²) in [5, 5.41) is 25.7. The van der Waals surface area contributed by atoms with Gasteiger partial charge in [-0.25, -0.2) is 4.79 Å². The molecule has 222 valence electrons. The number of fused-ring (bicyclic) bond motifs is 1. The van der Waals surface area contributed by atoms with Gasteiger partial charge in [0.25, 0.3) is 0 Å². The first-order valence-corrected chi connectivity index (χ1v) is 12.5. The van der Waals surface area contributed by atoms with E-state index in [-0.39, 0.29) is 12.8 Å². The molecule has 0 spiro atoms. The van der Waals surface area contributed by atoms with Crippen molar-refractivity contribution in [3.8, 4) is 0 Å². The molecule has 0 bridgehead atoms. The van der Waals surface area contributed by atoms with Gasteiger partial charge in [0.1, 0.15) is 18.1 Å². The number of aromatic amines is 1. The molecule has 0 saturated heterocycles. The monoisotopic (exact) mass is 575 g/mol. The average molecular weight is 576 g/mol. The number of primary amides is 2. The van der Waals surface area contributed by atoms with Crippen molar-refractivity contribution in [2.45, 2.75) is 62.7 Å². The third-order valence-electron chi connectivity index (χ3n) is 6.06. The molecular formula is C25H33N7O9. The predicted octanol–water partition coefficient (Wildman–Crippen LogP) is -2.42. The summed E-state index contributed by atoms with van der Waals surface area (Å²) < 4.78 is 0. The van der Waals surface area contributed by atoms with Gasteiger partial charge in [0.2, 0.25) is 29.5 Å². The lowest BCUT2D eigenvalue weighted by atomic mass is 10.0. The van der Waals surface area contributed by atoms with Gasteiger partial charge in [-0.15, -0.1) is 0 Å². The fraction of sp³-hybridized carbons (Fsp3) is 0.400. The Hall–Kier alpha value is -4.99. The van der Waals surface area contributed by atoms with Crippen LogP contribution >= 0.6 is 0 Å². The van der Waals surface area contributed by atoms with Crippen LogP contribution in [0, 0.1) is 0 Å². The molecule has 0 aliphatic heterocycles. The van der Waals surface area contributed by atoms with E-state index in [1.807, 2.05) is 24.3 Å². The van der Waals surface area contributed by atoms with Gasteiger partial charge in [-0.05, 0) is 30.9 Å². The summed E-state index contributed by atoms with van der Waals surface area (Å²) in [6.45, 7) is 0. The van der Waals surface area contributed by atoms with Crippen LogP contribution in [0.5, 0.6) is 0 Å². The number of aliphatic carboxylic acids is 2. The van der Waals surface area contributed by atoms with E-state index in [2.05, 4.69) is 20.9 Å². The van der Waals surface area contributed by atoms with E-state index in [9.17, 15) is 38.7 Å². The van der Waals surface area contributed by atoms with Gasteiger partial charge < -0.3 is 48.3 Å². The zero-order valence-corrected chi connectivity index (χ0v) is 21.9. The minimum absolute atomic E-state index is 0.0807. The van der Waals surface area contributed by atoms with E-state index in [0.717, 1.165) is 16.5 Å². The summed E-state index contributed by atoms with van der Waals surface area (Å²) in [4.78, 5) is 87.0. The molecule has 0 aliphatic carbocycles. The van der Waals surface area contributed by atoms with Crippen molar-refractivity contribution in [2.75, 3.05) is 0 Å². The zero-order chi connectivity index (χ0) is 30.7. The Kier molecular flexibility index (Phi) is 11.8. The smallest absolute Gasteiger partial charge is 0.326 e. The number of aromatic nitrogens is 1. The van der Waals surface area contributed by atoms with Crippen molar-refractivity contribution < 1.29 is 43.8 Å². The number of amides is 5. The molecule has 0 aliphatic rings. The van der Waals surface area contributed by atoms with Crippen LogP contribution in [0.15, 0.2) is 30.5 Å². The van der Waals surface area contributed by atoms with E-state index in [1.54, 1.807) is 6.20 Å². The van der Waals surface area contributed by atoms with Crippen LogP contribution in [0.3, 0.4) is 0 Å². The van der Waals surface area contributed by atoms with E-state index in [1.165, 1.54) is 0 Å². The second-order valence-corrected chi connectivity index (χ2v) is 9.30. The molecule has 5 amide bonds. The highest BCUT2D eigenvalue weighted by Gasteiger charge is 2.31. The van der Waals surface area contributed by atoms with E-state index in [0.29, 0.717) is 0 Å². The highest BCUT2D eigenvalue weighted by Crippen LogP contribution is 2.18. The van der Waals surface area contributed by atoms with Crippen LogP contribution in [0.1, 0.15) is 37.7 Å². The summed E-state index contributed by atoms with van der Waals surface area (Å²) in [6.07, 6.45) is -0.685. The largest absolute Gasteiger partial charge is 0.481 e. The molecular weight excluding hydrogens is 542 g/mol. The number of carboxylic acids is 2. The lowest BCUT2D eigenvalue weighted by Gasteiger charge is -2.24. The number of H-pyrrole nitrogens is 1. The number of benzene rings is 1. The maximum absolute atomic E-state index is 13.1. The number of rotatable bonds is 17. The molecule has 2 aromatic rings. The second kappa shape index (κ2) is 15.0. The summed E-state index contributed by atoms with van der Waals surface area (Å²) in [5.41, 5.74) is 18.0. The molecule has 0 saturated carbocycles. The maximum atomic E-state index is 13.1. The summed E-state index contributed by atoms with van der Waals surface area (Å²) in [7, 11) is 0. The molecule has 1 heterocycles. The van der Waals surface area contributed by atoms with Gasteiger partial charge in [-0.1, -0.05) is 18.2 Å². The van der Waals surface area contributed by atoms with Crippen LogP contribution in [0.4, 0.5) is 0 Å². The van der Waals surface area contributed by atoms with Crippen molar-refractivity contribution in [1.29, 1.82) is 0 Å². The molecule has 4 unspecified atom stereocenters. The van der Waals surface area contributed by atoms with Crippen molar-refractivity contribution in [3.63, 3.8) is 0 Å². The number of nitrogens with one attached hydrogen (secondary N) is 4. The normalized spacial score (nSPS) is 13.8. The van der Waals surface area contributed by atoms with Crippen LogP contribution in [-0.4, -0.2) is 80.8 Å². The number of hydrogen-bond acceptors (Lipinski definition) is 8. The summed E-state index contributed by atoms with van der Waals surface area (Å²) in [5.74, 6) is -7.51. The van der Waals surface area contributed by atoms with Gasteiger partial charge >= 0.3 is 11.9 Å². The molecule has 0 fully saturated rings. The standard InChI is InChI=1S/C25H33N7O9/c26-14(9-12-11-29-15-4-2-1-3-13(12)15)22(37)32-18(10-20(28)34)24(39)30-16(5-7-19(27)33)23(38)31-17(25(40)41)6-8-21(35)36/h1-4,11,14,16-18,29H,5-10,26H2,(H2,27,33)(H2,28,34)(H,30,39)(H,31,38)(H,32,37)(H,35,36)(H,40,41). The van der Waals surface area contributed by atoms with E-state index >= 15 is 0 Å². The van der Waals surface area contributed by atoms with Crippen LogP contribution in [0.25, 0.3) is 10.9 Å². The van der Waals surface area contributed by atoms with Crippen molar-refractivity contribution in [2.24, 2.45) is 17.2 Å². The molecule has 16 nitrogen and oxygen atoms in total. The Labute approximate surface area is 233 Å². The quantitative estimate of drug-likeness (QED) is 0.0961. The molecule has 41 heavy (non-hydrogen) atoms. The fourth-order valence-electron chi connectivity index (χ4n) is 3.94. The molecule has 16 heteroatoms. The first-order chi connectivity index (χ1) is 19.3. The van der Waals surface area contributed by atoms with Crippen LogP contribution < -0.4 is 33.2 Å². The highest BCUT2D eigenvalue weighted by atomic mass is 16.4. The van der Waals surface area contributed by atoms with E-state index < -0.39 is 91.3 Å². The Morgan fingerprint density at radius 2 is 1.37 bits per heavy atom. The Morgan fingerprint density at radius 3 is 1.98 bits per heavy atom. The number of hydrogen-bond donors (Lipinski definition) is 9. The van der Waals surface area contributed by atoms with Crippen molar-refractivity contribution in [1.82, 2.24) is 20.9 Å². The Morgan fingerprint density at radius 1 is 0.780 bits per heavy atom. The lowest BCUT2D eigenvalue weighted by molar-refractivity contribution is -0.143. The minimum atomic E-state index is -1.62. The fourth-order valence-corrected chi connectivity index (χ4v) is 3.94. The average Bonchev–Trinajstić information content (AvgIpc) is 3.30. The Balaban J connectivity index is 2.15. The van der Waals surface area contributed by atoms with Crippen molar-refractivity contribution >= 4 is 52.4 Å². The topological polar surface area (TPSA) is 290 Å². The molecule has 1 aromatic heterocycles. The third-order valence-corrected chi connectivity index (χ3v) is 6.06. The van der Waals surface area contributed by atoms with Gasteiger partial charge in [-0.3, -0.25) is 28.8 Å². The predicted molar refractivity (Wildman–Crippen MR) is 143 cm³/mol. The van der Waals surface area contributed by atoms with Gasteiger partial charge in [0.15, 0.2) is 0 Å². The first kappa shape index (κ1) is 32.2. The number of carboxylic acid groups (broad SMARTS) is 2. The minimum Gasteiger partial charge on any atom is -0.481 e. The van der Waals surface area contributed by atoms with Gasteiger partial charge in [-0.2, -0.15) is 0 Å². The lowest BCUT2D eigenvalue weighted by Crippen LogP contribution is -2.58. The van der Waals surface area contributed by atoms with Crippen LogP contribution in [-0.2, 0) is 40.0 Å². The number of carbonyl (C=O) groups excluding carboxylic acids is 5. The molecule has 12 N–H and O–H groups in total. The molecule has 2 rings (SSSR count). The second-order valence-electron chi connectivity index (χ2n) is 9.30. The first-order valence-electron chi connectivity index (χ1n) is 12.5. The van der Waals surface area contributed by atoms with Crippen molar-refractivity contribution in [3.05, 3.63) is 36.0 Å². The van der Waals surface area contributed by atoms with Gasteiger partial charge in [0.05, 0.1) is 12.5 Å². The van der Waals surface area contributed by atoms with Crippen LogP contribution in [0.2, 0.25) is 0 Å². The summed E-state index contributed by atoms with van der Waals surface area (Å²) in [6, 6.07) is 1.46. The molecule has 1 aromatic carbocycles. The van der Waals surface area contributed by atoms with Gasteiger partial charge in [0, 0.05) is 29.9 Å².